The number of nitrogens with one attached hydrogen (secondary N) is 1. The summed E-state index contributed by atoms with van der Waals surface area (Å²) in [5, 5.41) is 2.80. The molecule has 1 heterocycles. The van der Waals surface area contributed by atoms with E-state index in [0.717, 1.165) is 46.1 Å². The molecular formula is C22H26IN3O4S. The molecule has 0 bridgehead atoms. The number of carbonyl (C=O) groups is 1. The van der Waals surface area contributed by atoms with Gasteiger partial charge < -0.3 is 29.3 Å². The monoisotopic (exact) mass is 555 g/mol. The number of carbonyl (C=O) groups excluding carboxylic acids is 1. The smallest absolute Gasteiger partial charge is 0.262 e. The lowest BCUT2D eigenvalue weighted by Gasteiger charge is -2.34. The zero-order valence-electron chi connectivity index (χ0n) is 17.8. The van der Waals surface area contributed by atoms with Crippen molar-refractivity contribution in [3.63, 3.8) is 0 Å². The van der Waals surface area contributed by atoms with E-state index in [4.69, 9.17) is 26.4 Å². The first-order valence-corrected chi connectivity index (χ1v) is 11.3. The topological polar surface area (TPSA) is 63.3 Å². The molecule has 0 aromatic heterocycles. The van der Waals surface area contributed by atoms with E-state index in [1.807, 2.05) is 12.1 Å². The number of hydrogen-bond donors (Lipinski definition) is 1. The lowest BCUT2D eigenvalue weighted by atomic mass is 10.1. The molecule has 0 spiro atoms. The normalized spacial score (nSPS) is 14.1. The summed E-state index contributed by atoms with van der Waals surface area (Å²) in [6.45, 7) is 3.63. The first kappa shape index (κ1) is 23.6. The summed E-state index contributed by atoms with van der Waals surface area (Å²) in [5.74, 6) is 1.54. The second-order valence-electron chi connectivity index (χ2n) is 7.15. The van der Waals surface area contributed by atoms with Crippen molar-refractivity contribution in [1.82, 2.24) is 9.80 Å². The number of methoxy groups -OCH3 is 2. The first-order valence-electron chi connectivity index (χ1n) is 9.83. The lowest BCUT2D eigenvalue weighted by molar-refractivity contribution is -0.118. The summed E-state index contributed by atoms with van der Waals surface area (Å²) in [6.07, 6.45) is 0. The number of nitrogens with zero attached hydrogens (tertiary/aromatic N) is 2. The fourth-order valence-electron chi connectivity index (χ4n) is 3.18. The number of ether oxygens (including phenoxy) is 3. The van der Waals surface area contributed by atoms with Gasteiger partial charge in [0.25, 0.3) is 5.91 Å². The molecular weight excluding hydrogens is 529 g/mol. The molecule has 0 aliphatic carbocycles. The van der Waals surface area contributed by atoms with Gasteiger partial charge in [-0.05, 0) is 66.0 Å². The number of thiocarbonyl (C=S) groups is 1. The third-order valence-electron chi connectivity index (χ3n) is 4.99. The molecule has 1 fully saturated rings. The molecule has 2 aromatic carbocycles. The zero-order valence-corrected chi connectivity index (χ0v) is 20.8. The van der Waals surface area contributed by atoms with E-state index < -0.39 is 0 Å². The summed E-state index contributed by atoms with van der Waals surface area (Å²) >= 11 is 7.90. The maximum Gasteiger partial charge on any atom is 0.262 e. The standard InChI is InChI=1S/C22H26IN3O4S/c1-25-8-10-26(11-9-25)22(31)15-12-18(23)21(19(13-15)29-3)30-14-20(27)24-16-4-6-17(28-2)7-5-16/h4-7,12-13H,8-11,14H2,1-3H3,(H,24,27). The van der Waals surface area contributed by atoms with Crippen LogP contribution in [0.5, 0.6) is 17.2 Å². The molecule has 0 radical (unpaired) electrons. The highest BCUT2D eigenvalue weighted by atomic mass is 127. The molecule has 3 rings (SSSR count). The van der Waals surface area contributed by atoms with Crippen LogP contribution in [0.2, 0.25) is 0 Å². The SMILES string of the molecule is COc1ccc(NC(=O)COc2c(I)cc(C(=S)N3CCN(C)CC3)cc2OC)cc1. The second kappa shape index (κ2) is 11.0. The molecule has 1 aliphatic rings. The van der Waals surface area contributed by atoms with E-state index in [2.05, 4.69) is 44.8 Å². The summed E-state index contributed by atoms with van der Waals surface area (Å²) in [6, 6.07) is 11.0. The van der Waals surface area contributed by atoms with Gasteiger partial charge >= 0.3 is 0 Å². The van der Waals surface area contributed by atoms with Crippen LogP contribution in [0.25, 0.3) is 0 Å². The van der Waals surface area contributed by atoms with E-state index >= 15 is 0 Å². The Morgan fingerprint density at radius 3 is 2.39 bits per heavy atom. The van der Waals surface area contributed by atoms with Crippen LogP contribution >= 0.6 is 34.8 Å². The van der Waals surface area contributed by atoms with Gasteiger partial charge in [0, 0.05) is 37.4 Å². The molecule has 1 saturated heterocycles. The third-order valence-corrected chi connectivity index (χ3v) is 6.28. The molecule has 0 saturated carbocycles. The number of likely N-dealkylation sites (N-methyl/N-ethyl adjacent to an activating group) is 1. The highest BCUT2D eigenvalue weighted by Gasteiger charge is 2.21. The maximum atomic E-state index is 12.3. The Labute approximate surface area is 201 Å². The fraction of sp³-hybridized carbons (Fsp3) is 0.364. The first-order chi connectivity index (χ1) is 14.9. The van der Waals surface area contributed by atoms with Crippen LogP contribution in [0.4, 0.5) is 5.69 Å². The number of benzene rings is 2. The molecule has 1 N–H and O–H groups in total. The zero-order chi connectivity index (χ0) is 22.4. The summed E-state index contributed by atoms with van der Waals surface area (Å²) in [4.78, 5) is 17.6. The highest BCUT2D eigenvalue weighted by molar-refractivity contribution is 14.1. The van der Waals surface area contributed by atoms with Gasteiger partial charge in [0.1, 0.15) is 10.7 Å². The number of anilines is 1. The number of rotatable bonds is 7. The van der Waals surface area contributed by atoms with Gasteiger partial charge in [-0.2, -0.15) is 0 Å². The van der Waals surface area contributed by atoms with Crippen molar-refractivity contribution >= 4 is 51.4 Å². The Hall–Kier alpha value is -2.11. The molecule has 166 valence electrons. The predicted molar refractivity (Wildman–Crippen MR) is 134 cm³/mol. The van der Waals surface area contributed by atoms with Crippen LogP contribution in [0, 0.1) is 3.57 Å². The second-order valence-corrected chi connectivity index (χ2v) is 8.70. The van der Waals surface area contributed by atoms with Gasteiger partial charge in [-0.15, -0.1) is 0 Å². The van der Waals surface area contributed by atoms with Crippen molar-refractivity contribution in [3.05, 3.63) is 45.5 Å². The Morgan fingerprint density at radius 2 is 1.77 bits per heavy atom. The molecule has 1 amide bonds. The maximum absolute atomic E-state index is 12.3. The quantitative estimate of drug-likeness (QED) is 0.416. The average Bonchev–Trinajstić information content (AvgIpc) is 2.78. The molecule has 1 aliphatic heterocycles. The molecule has 7 nitrogen and oxygen atoms in total. The molecule has 31 heavy (non-hydrogen) atoms. The van der Waals surface area contributed by atoms with Gasteiger partial charge in [-0.3, -0.25) is 4.79 Å². The third kappa shape index (κ3) is 6.20. The van der Waals surface area contributed by atoms with Crippen molar-refractivity contribution in [2.24, 2.45) is 0 Å². The Bertz CT molecular complexity index is 931. The number of piperazine rings is 1. The minimum absolute atomic E-state index is 0.138. The summed E-state index contributed by atoms with van der Waals surface area (Å²) < 4.78 is 17.3. The Morgan fingerprint density at radius 1 is 1.10 bits per heavy atom. The van der Waals surface area contributed by atoms with Crippen LogP contribution in [0.1, 0.15) is 5.56 Å². The van der Waals surface area contributed by atoms with Crippen molar-refractivity contribution < 1.29 is 19.0 Å². The van der Waals surface area contributed by atoms with Crippen molar-refractivity contribution in [2.75, 3.05) is 59.4 Å². The minimum Gasteiger partial charge on any atom is -0.497 e. The predicted octanol–water partition coefficient (Wildman–Crippen LogP) is 3.25. The van der Waals surface area contributed by atoms with Gasteiger partial charge in [0.05, 0.1) is 17.8 Å². The van der Waals surface area contributed by atoms with Crippen LogP contribution in [-0.2, 0) is 4.79 Å². The van der Waals surface area contributed by atoms with Gasteiger partial charge in [-0.25, -0.2) is 0 Å². The van der Waals surface area contributed by atoms with E-state index in [9.17, 15) is 4.79 Å². The largest absolute Gasteiger partial charge is 0.497 e. The van der Waals surface area contributed by atoms with Gasteiger partial charge in [0.2, 0.25) is 0 Å². The van der Waals surface area contributed by atoms with Crippen LogP contribution in [-0.4, -0.2) is 74.7 Å². The van der Waals surface area contributed by atoms with E-state index in [0.29, 0.717) is 17.2 Å². The summed E-state index contributed by atoms with van der Waals surface area (Å²) in [5.41, 5.74) is 1.58. The number of amides is 1. The van der Waals surface area contributed by atoms with E-state index in [1.165, 1.54) is 0 Å². The van der Waals surface area contributed by atoms with Crippen molar-refractivity contribution in [3.8, 4) is 17.2 Å². The van der Waals surface area contributed by atoms with Gasteiger partial charge in [0.15, 0.2) is 18.1 Å². The highest BCUT2D eigenvalue weighted by Crippen LogP contribution is 2.34. The molecule has 0 atom stereocenters. The fourth-order valence-corrected chi connectivity index (χ4v) is 4.24. The van der Waals surface area contributed by atoms with E-state index in [1.54, 1.807) is 38.5 Å². The Kier molecular flexibility index (Phi) is 8.33. The van der Waals surface area contributed by atoms with E-state index in [-0.39, 0.29) is 12.5 Å². The molecule has 9 heteroatoms. The average molecular weight is 555 g/mol. The van der Waals surface area contributed by atoms with Crippen LogP contribution < -0.4 is 19.5 Å². The lowest BCUT2D eigenvalue weighted by Crippen LogP contribution is -2.46. The summed E-state index contributed by atoms with van der Waals surface area (Å²) in [7, 11) is 5.29. The number of halogens is 1. The van der Waals surface area contributed by atoms with Crippen LogP contribution in [0.3, 0.4) is 0 Å². The van der Waals surface area contributed by atoms with Gasteiger partial charge in [-0.1, -0.05) is 12.2 Å². The van der Waals surface area contributed by atoms with Crippen molar-refractivity contribution in [1.29, 1.82) is 0 Å². The van der Waals surface area contributed by atoms with Crippen LogP contribution in [0.15, 0.2) is 36.4 Å². The minimum atomic E-state index is -0.264. The Balaban J connectivity index is 1.65. The molecule has 0 unspecified atom stereocenters. The number of hydrogen-bond acceptors (Lipinski definition) is 6. The van der Waals surface area contributed by atoms with Crippen molar-refractivity contribution in [2.45, 2.75) is 0 Å². The molecule has 2 aromatic rings.